The molecule has 2 aliphatic rings. The molecule has 0 spiro atoms. The second-order valence-electron chi connectivity index (χ2n) is 11.3. The van der Waals surface area contributed by atoms with Gasteiger partial charge in [-0.05, 0) is 98.3 Å². The smallest absolute Gasteiger partial charge is 0.264 e. The molecule has 2 heterocycles. The number of benzene rings is 3. The number of piperidine rings is 2. The SMILES string of the molecule is COc1ccc(NS(=O)(=O)c2cc(NC(=O)/C=C/c3ccc(OC)c(S(=O)(=O)N4CCCCC4)c3)ccc2N2CCCCC2)cc1. The fraction of sp³-hybridized carbons (Fsp3) is 0.364. The summed E-state index contributed by atoms with van der Waals surface area (Å²) in [6.07, 6.45) is 8.40. The van der Waals surface area contributed by atoms with Gasteiger partial charge in [0, 0.05) is 43.6 Å². The highest BCUT2D eigenvalue weighted by atomic mass is 32.2. The van der Waals surface area contributed by atoms with E-state index in [0.717, 1.165) is 51.6 Å². The molecule has 0 unspecified atom stereocenters. The van der Waals surface area contributed by atoms with Gasteiger partial charge >= 0.3 is 0 Å². The number of nitrogens with one attached hydrogen (secondary N) is 2. The van der Waals surface area contributed by atoms with E-state index < -0.39 is 26.0 Å². The molecule has 0 aliphatic carbocycles. The third-order valence-corrected chi connectivity index (χ3v) is 11.4. The molecule has 3 aromatic carbocycles. The lowest BCUT2D eigenvalue weighted by molar-refractivity contribution is -0.111. The Morgan fingerprint density at radius 2 is 1.39 bits per heavy atom. The van der Waals surface area contributed by atoms with E-state index in [4.69, 9.17) is 9.47 Å². The molecule has 2 fully saturated rings. The maximum Gasteiger partial charge on any atom is 0.264 e. The molecule has 2 N–H and O–H groups in total. The van der Waals surface area contributed by atoms with Crippen LogP contribution < -0.4 is 24.4 Å². The second-order valence-corrected chi connectivity index (χ2v) is 14.8. The second kappa shape index (κ2) is 14.6. The minimum atomic E-state index is -4.04. The van der Waals surface area contributed by atoms with Crippen LogP contribution in [0, 0.1) is 0 Å². The Labute approximate surface area is 271 Å². The number of rotatable bonds is 11. The van der Waals surface area contributed by atoms with E-state index in [0.29, 0.717) is 41.5 Å². The summed E-state index contributed by atoms with van der Waals surface area (Å²) in [6.45, 7) is 2.38. The molecule has 1 amide bonds. The van der Waals surface area contributed by atoms with Crippen LogP contribution in [-0.2, 0) is 24.8 Å². The van der Waals surface area contributed by atoms with Crippen LogP contribution >= 0.6 is 0 Å². The molecule has 0 aromatic heterocycles. The van der Waals surface area contributed by atoms with Crippen molar-refractivity contribution < 1.29 is 31.1 Å². The molecule has 0 radical (unpaired) electrons. The van der Waals surface area contributed by atoms with Gasteiger partial charge < -0.3 is 19.7 Å². The monoisotopic (exact) mass is 668 g/mol. The number of hydrogen-bond acceptors (Lipinski definition) is 8. The molecular formula is C33H40N4O7S2. The topological polar surface area (TPSA) is 134 Å². The van der Waals surface area contributed by atoms with E-state index in [1.54, 1.807) is 48.5 Å². The van der Waals surface area contributed by atoms with Crippen molar-refractivity contribution in [2.24, 2.45) is 0 Å². The lowest BCUT2D eigenvalue weighted by Crippen LogP contribution is -2.35. The van der Waals surface area contributed by atoms with Crippen molar-refractivity contribution in [3.63, 3.8) is 0 Å². The van der Waals surface area contributed by atoms with E-state index in [1.807, 2.05) is 0 Å². The minimum absolute atomic E-state index is 0.0481. The molecule has 0 atom stereocenters. The van der Waals surface area contributed by atoms with Crippen LogP contribution in [0.1, 0.15) is 44.1 Å². The first kappa shape index (κ1) is 33.3. The quantitative estimate of drug-likeness (QED) is 0.262. The lowest BCUT2D eigenvalue weighted by Gasteiger charge is -2.30. The van der Waals surface area contributed by atoms with Gasteiger partial charge in [-0.2, -0.15) is 4.31 Å². The molecule has 5 rings (SSSR count). The van der Waals surface area contributed by atoms with Crippen LogP contribution in [0.3, 0.4) is 0 Å². The zero-order valence-corrected chi connectivity index (χ0v) is 27.7. The molecular weight excluding hydrogens is 629 g/mol. The molecule has 2 aliphatic heterocycles. The van der Waals surface area contributed by atoms with E-state index in [-0.39, 0.29) is 15.5 Å². The third kappa shape index (κ3) is 7.83. The number of carbonyl (C=O) groups excluding carboxylic acids is 1. The molecule has 2 saturated heterocycles. The van der Waals surface area contributed by atoms with E-state index in [2.05, 4.69) is 14.9 Å². The van der Waals surface area contributed by atoms with Gasteiger partial charge in [-0.1, -0.05) is 12.5 Å². The highest BCUT2D eigenvalue weighted by molar-refractivity contribution is 7.93. The number of methoxy groups -OCH3 is 2. The van der Waals surface area contributed by atoms with Crippen LogP contribution in [0.15, 0.2) is 76.5 Å². The van der Waals surface area contributed by atoms with Crippen molar-refractivity contribution in [2.45, 2.75) is 48.3 Å². The highest BCUT2D eigenvalue weighted by Crippen LogP contribution is 2.33. The molecule has 13 heteroatoms. The van der Waals surface area contributed by atoms with Crippen LogP contribution in [0.25, 0.3) is 6.08 Å². The number of hydrogen-bond donors (Lipinski definition) is 2. The molecule has 46 heavy (non-hydrogen) atoms. The minimum Gasteiger partial charge on any atom is -0.497 e. The van der Waals surface area contributed by atoms with Crippen molar-refractivity contribution in [2.75, 3.05) is 55.3 Å². The summed E-state index contributed by atoms with van der Waals surface area (Å²) in [5, 5.41) is 2.75. The Balaban J connectivity index is 1.38. The Kier molecular flexibility index (Phi) is 10.5. The van der Waals surface area contributed by atoms with Gasteiger partial charge in [-0.3, -0.25) is 9.52 Å². The first-order valence-electron chi connectivity index (χ1n) is 15.3. The lowest BCUT2D eigenvalue weighted by atomic mass is 10.1. The molecule has 246 valence electrons. The van der Waals surface area contributed by atoms with Gasteiger partial charge in [0.25, 0.3) is 10.0 Å². The molecule has 11 nitrogen and oxygen atoms in total. The summed E-state index contributed by atoms with van der Waals surface area (Å²) in [4.78, 5) is 15.2. The summed E-state index contributed by atoms with van der Waals surface area (Å²) in [5.74, 6) is 0.329. The van der Waals surface area contributed by atoms with Gasteiger partial charge in [0.05, 0.1) is 19.9 Å². The number of ether oxygens (including phenoxy) is 2. The largest absolute Gasteiger partial charge is 0.497 e. The Bertz CT molecular complexity index is 1780. The van der Waals surface area contributed by atoms with Crippen LogP contribution in [0.2, 0.25) is 0 Å². The zero-order valence-electron chi connectivity index (χ0n) is 26.1. The fourth-order valence-electron chi connectivity index (χ4n) is 5.67. The molecule has 3 aromatic rings. The van der Waals surface area contributed by atoms with Gasteiger partial charge in [0.15, 0.2) is 0 Å². The maximum atomic E-state index is 13.7. The summed E-state index contributed by atoms with van der Waals surface area (Å²) in [5.41, 5.74) is 1.74. The first-order chi connectivity index (χ1) is 22.1. The fourth-order valence-corrected chi connectivity index (χ4v) is 8.69. The highest BCUT2D eigenvalue weighted by Gasteiger charge is 2.29. The predicted molar refractivity (Wildman–Crippen MR) is 180 cm³/mol. The van der Waals surface area contributed by atoms with Crippen molar-refractivity contribution >= 4 is 49.1 Å². The summed E-state index contributed by atoms with van der Waals surface area (Å²) in [7, 11) is -4.85. The van der Waals surface area contributed by atoms with Crippen LogP contribution in [0.5, 0.6) is 11.5 Å². The third-order valence-electron chi connectivity index (χ3n) is 8.10. The number of sulfonamides is 2. The number of nitrogens with zero attached hydrogens (tertiary/aromatic N) is 2. The van der Waals surface area contributed by atoms with Crippen LogP contribution in [-0.4, -0.2) is 67.4 Å². The molecule has 0 bridgehead atoms. The number of anilines is 3. The van der Waals surface area contributed by atoms with Gasteiger partial charge in [0.2, 0.25) is 15.9 Å². The van der Waals surface area contributed by atoms with Crippen LogP contribution in [0.4, 0.5) is 17.1 Å². The summed E-state index contributed by atoms with van der Waals surface area (Å²) in [6, 6.07) is 16.2. The number of amides is 1. The van der Waals surface area contributed by atoms with Gasteiger partial charge in [-0.25, -0.2) is 16.8 Å². The summed E-state index contributed by atoms with van der Waals surface area (Å²) >= 11 is 0. The summed E-state index contributed by atoms with van der Waals surface area (Å²) < 4.78 is 68.8. The van der Waals surface area contributed by atoms with Gasteiger partial charge in [0.1, 0.15) is 21.3 Å². The van der Waals surface area contributed by atoms with E-state index in [1.165, 1.54) is 42.8 Å². The van der Waals surface area contributed by atoms with E-state index in [9.17, 15) is 21.6 Å². The van der Waals surface area contributed by atoms with Crippen molar-refractivity contribution in [3.05, 3.63) is 72.3 Å². The van der Waals surface area contributed by atoms with Crippen molar-refractivity contribution in [1.82, 2.24) is 4.31 Å². The Hall–Kier alpha value is -4.07. The Morgan fingerprint density at radius 1 is 0.739 bits per heavy atom. The first-order valence-corrected chi connectivity index (χ1v) is 18.3. The number of carbonyl (C=O) groups is 1. The predicted octanol–water partition coefficient (Wildman–Crippen LogP) is 5.32. The van der Waals surface area contributed by atoms with E-state index >= 15 is 0 Å². The average Bonchev–Trinajstić information content (AvgIpc) is 3.08. The maximum absolute atomic E-state index is 13.7. The standard InChI is InChI=1S/C33H40N4O7S2/c1-43-28-14-11-26(12-15-28)35-45(39,40)31-24-27(13-16-29(31)36-19-5-3-6-20-36)34-33(38)18-10-25-9-17-30(44-2)32(23-25)46(41,42)37-21-7-4-8-22-37/h9-18,23-24,35H,3-8,19-22H2,1-2H3,(H,34,38)/b18-10+. The zero-order chi connectivity index (χ0) is 32.7. The normalized spacial score (nSPS) is 16.3. The van der Waals surface area contributed by atoms with Crippen molar-refractivity contribution in [1.29, 1.82) is 0 Å². The van der Waals surface area contributed by atoms with Gasteiger partial charge in [-0.15, -0.1) is 0 Å². The Morgan fingerprint density at radius 3 is 2.04 bits per heavy atom. The molecule has 0 saturated carbocycles. The average molecular weight is 669 g/mol. The van der Waals surface area contributed by atoms with Crippen molar-refractivity contribution in [3.8, 4) is 11.5 Å².